The maximum atomic E-state index is 15.9. The molecular weight excluding hydrogens is 920 g/mol. The second kappa shape index (κ2) is 15.5. The Hall–Kier alpha value is -7.14. The third-order valence-corrected chi connectivity index (χ3v) is 13.1. The first-order valence-electron chi connectivity index (χ1n) is 18.6. The monoisotopic (exact) mass is 944 g/mol. The van der Waals surface area contributed by atoms with Crippen molar-refractivity contribution < 1.29 is 60.9 Å². The first-order chi connectivity index (χ1) is 30.7. The predicted molar refractivity (Wildman–Crippen MR) is 230 cm³/mol. The summed E-state index contributed by atoms with van der Waals surface area (Å²) in [5, 5.41) is 0. The second-order valence-corrected chi connectivity index (χ2v) is 18.7. The van der Waals surface area contributed by atoms with Crippen LogP contribution in [0.4, 0.5) is 22.0 Å². The predicted octanol–water partition coefficient (Wildman–Crippen LogP) is 9.76. The highest BCUT2D eigenvalue weighted by atomic mass is 32.2. The van der Waals surface area contributed by atoms with Gasteiger partial charge in [-0.2, -0.15) is 25.3 Å². The third-order valence-electron chi connectivity index (χ3n) is 10.5. The van der Waals surface area contributed by atoms with Crippen molar-refractivity contribution in [3.05, 3.63) is 149 Å². The van der Waals surface area contributed by atoms with Gasteiger partial charge >= 0.3 is 0 Å². The lowest BCUT2D eigenvalue weighted by molar-refractivity contribution is 0.381. The fraction of sp³-hybridized carbons (Fsp3) is 0. The number of hydrogen-bond acceptors (Lipinski definition) is 8. The summed E-state index contributed by atoms with van der Waals surface area (Å²) in [7, 11) is -13.9. The fourth-order valence-corrected chi connectivity index (χ4v) is 9.02. The summed E-state index contributed by atoms with van der Waals surface area (Å²) in [5.74, 6) is -11.2. The topological polar surface area (TPSA) is 220 Å². The number of fused-ring (bicyclic) bond motifs is 8. The molecule has 0 spiro atoms. The van der Waals surface area contributed by atoms with E-state index < -0.39 is 85.3 Å². The van der Waals surface area contributed by atoms with Crippen LogP contribution in [0.2, 0.25) is 0 Å². The van der Waals surface area contributed by atoms with Crippen LogP contribution in [0.15, 0.2) is 112 Å². The van der Waals surface area contributed by atoms with E-state index in [0.717, 1.165) is 24.3 Å². The average molecular weight is 945 g/mol. The third kappa shape index (κ3) is 7.72. The Morgan fingerprint density at radius 2 is 0.585 bits per heavy atom. The smallest absolute Gasteiger partial charge is 0.294 e. The number of hydrogen-bond donors (Lipinski definition) is 5. The van der Waals surface area contributed by atoms with Gasteiger partial charge in [0, 0.05) is 44.3 Å². The zero-order valence-electron chi connectivity index (χ0n) is 32.3. The minimum Gasteiger partial charge on any atom is -0.354 e. The standard InChI is InChI=1S/C44H25F5N4O9S3/c45-40-39(41(46)43(48)44(49)42(40)47)38-33-19-17-31(52-33)36(22-3-9-25(10-4-22)64(57,58)59)29-15-13-27(50-29)35(21-1-7-24(8-2-21)63(54,55)56)28-14-16-30(51-28)37(32-18-20-34(38)53-32)23-5-11-26(12-6-23)65(60,61)62/h1-20,50,53H,(H,54,55,56)(H,57,58,59)(H,60,61,62). The molecule has 21 heteroatoms. The largest absolute Gasteiger partial charge is 0.354 e. The van der Waals surface area contributed by atoms with Crippen LogP contribution in [0.3, 0.4) is 0 Å². The van der Waals surface area contributed by atoms with E-state index >= 15 is 17.6 Å². The van der Waals surface area contributed by atoms with Crippen molar-refractivity contribution in [2.75, 3.05) is 0 Å². The molecule has 5 N–H and O–H groups in total. The lowest BCUT2D eigenvalue weighted by Crippen LogP contribution is -2.05. The summed E-state index contributed by atoms with van der Waals surface area (Å²) in [4.78, 5) is 14.5. The van der Waals surface area contributed by atoms with E-state index in [9.17, 15) is 43.3 Å². The minimum absolute atomic E-state index is 0.0344. The summed E-state index contributed by atoms with van der Waals surface area (Å²) >= 11 is 0. The molecule has 0 aliphatic carbocycles. The summed E-state index contributed by atoms with van der Waals surface area (Å²) in [6.07, 6.45) is 5.79. The molecule has 328 valence electrons. The van der Waals surface area contributed by atoms with Gasteiger partial charge in [0.25, 0.3) is 30.4 Å². The molecule has 0 saturated carbocycles. The Morgan fingerprint density at radius 3 is 0.862 bits per heavy atom. The Labute approximate surface area is 364 Å². The van der Waals surface area contributed by atoms with Gasteiger partial charge in [0.05, 0.1) is 43.0 Å². The quantitative estimate of drug-likeness (QED) is 0.0438. The maximum absolute atomic E-state index is 15.9. The highest BCUT2D eigenvalue weighted by Crippen LogP contribution is 2.41. The number of aromatic nitrogens is 4. The van der Waals surface area contributed by atoms with Crippen molar-refractivity contribution >= 4 is 76.7 Å². The minimum atomic E-state index is -4.66. The van der Waals surface area contributed by atoms with Gasteiger partial charge in [-0.15, -0.1) is 0 Å². The summed E-state index contributed by atoms with van der Waals surface area (Å²) in [6, 6.07) is 20.8. The molecule has 4 aromatic carbocycles. The highest BCUT2D eigenvalue weighted by Gasteiger charge is 2.30. The Kier molecular flexibility index (Phi) is 10.3. The normalized spacial score (nSPS) is 12.9. The Bertz CT molecular complexity index is 3680. The molecule has 13 nitrogen and oxygen atoms in total. The first kappa shape index (κ1) is 43.1. The number of benzene rings is 4. The molecule has 8 bridgehead atoms. The Balaban J connectivity index is 1.48. The van der Waals surface area contributed by atoms with E-state index in [0.29, 0.717) is 16.6 Å². The molecular formula is C44H25F5N4O9S3. The number of H-pyrrole nitrogens is 2. The number of rotatable bonds is 7. The SMILES string of the molecule is O=S(=O)(O)c1ccc(-c2c3nc(c(-c4ccc(S(=O)(=O)O)cc4)c4ccc([nH]4)c(-c4c(F)c(F)c(F)c(F)c4F)c4nc(c(-c5ccc(S(=O)(=O)O)cc5)c5ccc2[nH]5)C=C4)C=C3)cc1. The molecule has 0 fully saturated rings. The molecule has 2 aliphatic heterocycles. The van der Waals surface area contributed by atoms with Gasteiger partial charge in [-0.25, -0.2) is 31.9 Å². The van der Waals surface area contributed by atoms with Crippen molar-refractivity contribution in [2.24, 2.45) is 0 Å². The molecule has 0 unspecified atom stereocenters. The molecule has 3 aromatic heterocycles. The van der Waals surface area contributed by atoms with Crippen molar-refractivity contribution in [3.8, 4) is 44.5 Å². The van der Waals surface area contributed by atoms with Crippen LogP contribution in [0, 0.1) is 29.1 Å². The molecule has 5 heterocycles. The molecule has 0 amide bonds. The molecule has 9 rings (SSSR count). The molecule has 7 aromatic rings. The van der Waals surface area contributed by atoms with E-state index in [-0.39, 0.29) is 61.6 Å². The van der Waals surface area contributed by atoms with E-state index in [1.807, 2.05) is 0 Å². The number of halogens is 5. The molecule has 0 radical (unpaired) electrons. The van der Waals surface area contributed by atoms with Gasteiger partial charge in [-0.3, -0.25) is 13.7 Å². The number of nitrogens with zero attached hydrogens (tertiary/aromatic N) is 2. The van der Waals surface area contributed by atoms with Crippen molar-refractivity contribution in [2.45, 2.75) is 14.7 Å². The molecule has 65 heavy (non-hydrogen) atoms. The molecule has 0 atom stereocenters. The molecule has 2 aliphatic rings. The summed E-state index contributed by atoms with van der Waals surface area (Å²) < 4.78 is 177. The summed E-state index contributed by atoms with van der Waals surface area (Å²) in [6.45, 7) is 0. The molecule has 0 saturated heterocycles. The van der Waals surface area contributed by atoms with Gasteiger partial charge in [-0.05, 0) is 102 Å². The zero-order chi connectivity index (χ0) is 46.3. The summed E-state index contributed by atoms with van der Waals surface area (Å²) in [5.41, 5.74) is 0.442. The van der Waals surface area contributed by atoms with Gasteiger partial charge in [0.1, 0.15) is 0 Å². The van der Waals surface area contributed by atoms with Gasteiger partial charge in [0.15, 0.2) is 23.3 Å². The van der Waals surface area contributed by atoms with E-state index in [4.69, 9.17) is 4.98 Å². The number of aromatic amines is 2. The van der Waals surface area contributed by atoms with Crippen LogP contribution in [-0.2, 0) is 30.4 Å². The fourth-order valence-electron chi connectivity index (χ4n) is 7.58. The van der Waals surface area contributed by atoms with Crippen molar-refractivity contribution in [1.29, 1.82) is 0 Å². The van der Waals surface area contributed by atoms with Crippen LogP contribution >= 0.6 is 0 Å². The van der Waals surface area contributed by atoms with Crippen molar-refractivity contribution in [3.63, 3.8) is 0 Å². The van der Waals surface area contributed by atoms with E-state index in [1.54, 1.807) is 24.3 Å². The van der Waals surface area contributed by atoms with Crippen LogP contribution in [-0.4, -0.2) is 58.8 Å². The van der Waals surface area contributed by atoms with Gasteiger partial charge in [-0.1, -0.05) is 36.4 Å². The number of nitrogens with one attached hydrogen (secondary N) is 2. The van der Waals surface area contributed by atoms with Gasteiger partial charge < -0.3 is 9.97 Å². The zero-order valence-corrected chi connectivity index (χ0v) is 34.8. The van der Waals surface area contributed by atoms with Crippen LogP contribution in [0.5, 0.6) is 0 Å². The van der Waals surface area contributed by atoms with E-state index in [2.05, 4.69) is 15.0 Å². The lowest BCUT2D eigenvalue weighted by atomic mass is 10.0. The van der Waals surface area contributed by atoms with Crippen molar-refractivity contribution in [1.82, 2.24) is 19.9 Å². The maximum Gasteiger partial charge on any atom is 0.294 e. The van der Waals surface area contributed by atoms with E-state index in [1.165, 1.54) is 72.8 Å². The Morgan fingerprint density at radius 1 is 0.338 bits per heavy atom. The average Bonchev–Trinajstić information content (AvgIpc) is 4.11. The van der Waals surface area contributed by atoms with Crippen LogP contribution in [0.1, 0.15) is 22.8 Å². The van der Waals surface area contributed by atoms with Crippen LogP contribution in [0.25, 0.3) is 90.9 Å². The van der Waals surface area contributed by atoms with Crippen LogP contribution < -0.4 is 0 Å². The highest BCUT2D eigenvalue weighted by molar-refractivity contribution is 7.86. The first-order valence-corrected chi connectivity index (χ1v) is 22.9. The second-order valence-electron chi connectivity index (χ2n) is 14.4. The lowest BCUT2D eigenvalue weighted by Gasteiger charge is -2.10. The van der Waals surface area contributed by atoms with Gasteiger partial charge in [0.2, 0.25) is 5.82 Å².